The summed E-state index contributed by atoms with van der Waals surface area (Å²) in [6, 6.07) is 9.39. The van der Waals surface area contributed by atoms with E-state index < -0.39 is 25.2 Å². The summed E-state index contributed by atoms with van der Waals surface area (Å²) in [6.45, 7) is 15.8. The quantitative estimate of drug-likeness (QED) is 0.663. The van der Waals surface area contributed by atoms with Crippen LogP contribution in [0.5, 0.6) is 0 Å². The number of rotatable bonds is 7. The van der Waals surface area contributed by atoms with Gasteiger partial charge in [-0.3, -0.25) is 0 Å². The minimum Gasteiger partial charge on any atom is -0.437 e. The number of hydrogen-bond donors (Lipinski definition) is 2. The van der Waals surface area contributed by atoms with Crippen LogP contribution in [-0.4, -0.2) is 31.4 Å². The highest BCUT2D eigenvalue weighted by Gasteiger charge is 2.40. The lowest BCUT2D eigenvalue weighted by Gasteiger charge is -2.39. The molecule has 2 N–H and O–H groups in total. The van der Waals surface area contributed by atoms with Gasteiger partial charge in [-0.05, 0) is 70.4 Å². The molecule has 0 radical (unpaired) electrons. The van der Waals surface area contributed by atoms with Crippen molar-refractivity contribution >= 4 is 36.6 Å². The Bertz CT molecular complexity index is 500. The van der Waals surface area contributed by atoms with Crippen LogP contribution in [0.2, 0.25) is 51.9 Å². The summed E-state index contributed by atoms with van der Waals surface area (Å²) in [6.07, 6.45) is 1.29. The average molecular weight is 369 g/mol. The van der Waals surface area contributed by atoms with Crippen molar-refractivity contribution in [3.63, 3.8) is 0 Å². The van der Waals surface area contributed by atoms with Crippen molar-refractivity contribution in [2.45, 2.75) is 64.5 Å². The van der Waals surface area contributed by atoms with E-state index in [1.165, 1.54) is 11.4 Å². The van der Waals surface area contributed by atoms with Crippen LogP contribution in [-0.2, 0) is 8.23 Å². The molecule has 0 amide bonds. The van der Waals surface area contributed by atoms with Crippen molar-refractivity contribution in [1.29, 1.82) is 0 Å². The summed E-state index contributed by atoms with van der Waals surface area (Å²) >= 11 is 0. The molecule has 0 saturated heterocycles. The van der Waals surface area contributed by atoms with E-state index in [-0.39, 0.29) is 6.17 Å². The summed E-state index contributed by atoms with van der Waals surface area (Å²) < 4.78 is 13.1. The topological polar surface area (TPSA) is 42.5 Å². The first-order valence-corrected chi connectivity index (χ1v) is 17.8. The van der Waals surface area contributed by atoms with Gasteiger partial charge in [0.2, 0.25) is 0 Å². The van der Waals surface area contributed by atoms with Gasteiger partial charge in [0.25, 0.3) is 0 Å². The molecule has 0 saturated carbocycles. The molecule has 1 aliphatic rings. The first-order chi connectivity index (χ1) is 10.5. The molecule has 2 rings (SSSR count). The number of anilines is 2. The molecule has 1 aromatic rings. The number of nitrogens with one attached hydrogen (secondary N) is 2. The zero-order valence-electron chi connectivity index (χ0n) is 15.6. The van der Waals surface area contributed by atoms with Crippen molar-refractivity contribution < 1.29 is 8.23 Å². The van der Waals surface area contributed by atoms with E-state index in [0.717, 1.165) is 12.5 Å². The van der Waals surface area contributed by atoms with Crippen molar-refractivity contribution in [3.05, 3.63) is 24.3 Å². The van der Waals surface area contributed by atoms with Crippen molar-refractivity contribution in [1.82, 2.24) is 0 Å². The van der Waals surface area contributed by atoms with E-state index in [1.807, 2.05) is 0 Å². The number of fused-ring (bicyclic) bond motifs is 1. The second-order valence-corrected chi connectivity index (χ2v) is 21.3. The van der Waals surface area contributed by atoms with Gasteiger partial charge in [-0.1, -0.05) is 12.1 Å². The molecule has 0 unspecified atom stereocenters. The first kappa shape index (κ1) is 18.7. The molecule has 0 fully saturated rings. The molecule has 0 aromatic heterocycles. The van der Waals surface area contributed by atoms with E-state index in [0.29, 0.717) is 0 Å². The van der Waals surface area contributed by atoms with Gasteiger partial charge >= 0.3 is 8.56 Å². The van der Waals surface area contributed by atoms with Gasteiger partial charge in [0.05, 0.1) is 17.5 Å². The fourth-order valence-corrected chi connectivity index (χ4v) is 15.6. The Morgan fingerprint density at radius 3 is 1.65 bits per heavy atom. The van der Waals surface area contributed by atoms with Gasteiger partial charge in [-0.25, -0.2) is 0 Å². The van der Waals surface area contributed by atoms with E-state index in [4.69, 9.17) is 8.23 Å². The molecule has 130 valence electrons. The predicted molar refractivity (Wildman–Crippen MR) is 107 cm³/mol. The Hall–Kier alpha value is -0.609. The molecular weight excluding hydrogens is 336 g/mol. The Morgan fingerprint density at radius 2 is 1.26 bits per heavy atom. The highest BCUT2D eigenvalue weighted by Crippen LogP contribution is 2.32. The van der Waals surface area contributed by atoms with Gasteiger partial charge < -0.3 is 18.9 Å². The van der Waals surface area contributed by atoms with Crippen LogP contribution in [0.1, 0.15) is 6.42 Å². The first-order valence-electron chi connectivity index (χ1n) is 8.48. The van der Waals surface area contributed by atoms with Crippen LogP contribution >= 0.6 is 0 Å². The molecule has 0 bridgehead atoms. The fraction of sp³-hybridized carbons (Fsp3) is 0.625. The van der Waals surface area contributed by atoms with Crippen LogP contribution in [0.4, 0.5) is 11.4 Å². The highest BCUT2D eigenvalue weighted by molar-refractivity contribution is 6.87. The lowest BCUT2D eigenvalue weighted by atomic mass is 10.3. The SMILES string of the molecule is C[Si](C)(C)O[Si](C)(CCC1Nc2ccccc2N1)O[Si](C)(C)C. The third-order valence-corrected chi connectivity index (χ3v) is 13.1. The number of benzene rings is 1. The molecule has 0 spiro atoms. The van der Waals surface area contributed by atoms with Crippen molar-refractivity contribution in [3.8, 4) is 0 Å². The Morgan fingerprint density at radius 1 is 0.826 bits per heavy atom. The molecule has 1 aliphatic heterocycles. The Kier molecular flexibility index (Phi) is 5.47. The van der Waals surface area contributed by atoms with Crippen molar-refractivity contribution in [2.75, 3.05) is 10.6 Å². The molecule has 4 nitrogen and oxygen atoms in total. The minimum absolute atomic E-state index is 0.273. The summed E-state index contributed by atoms with van der Waals surface area (Å²) in [4.78, 5) is 0. The second-order valence-electron chi connectivity index (χ2n) is 8.49. The highest BCUT2D eigenvalue weighted by atomic mass is 28.5. The summed E-state index contributed by atoms with van der Waals surface area (Å²) in [5.41, 5.74) is 2.39. The van der Waals surface area contributed by atoms with Gasteiger partial charge in [0, 0.05) is 0 Å². The van der Waals surface area contributed by atoms with E-state index >= 15 is 0 Å². The Balaban J connectivity index is 1.99. The molecule has 0 aliphatic carbocycles. The molecule has 23 heavy (non-hydrogen) atoms. The van der Waals surface area contributed by atoms with Gasteiger partial charge in [0.1, 0.15) is 0 Å². The molecule has 1 aromatic carbocycles. The van der Waals surface area contributed by atoms with E-state index in [1.54, 1.807) is 0 Å². The van der Waals surface area contributed by atoms with Gasteiger partial charge in [-0.2, -0.15) is 0 Å². The summed E-state index contributed by atoms with van der Waals surface area (Å²) in [5.74, 6) is 0. The van der Waals surface area contributed by atoms with E-state index in [9.17, 15) is 0 Å². The largest absolute Gasteiger partial charge is 0.437 e. The lowest BCUT2D eigenvalue weighted by Crippen LogP contribution is -2.53. The van der Waals surface area contributed by atoms with Gasteiger partial charge in [0.15, 0.2) is 16.6 Å². The maximum atomic E-state index is 6.57. The average Bonchev–Trinajstić information content (AvgIpc) is 2.74. The van der Waals surface area contributed by atoms with Gasteiger partial charge in [-0.15, -0.1) is 0 Å². The summed E-state index contributed by atoms with van der Waals surface area (Å²) in [7, 11) is -5.38. The monoisotopic (exact) mass is 368 g/mol. The third kappa shape index (κ3) is 6.07. The standard InChI is InChI=1S/C16H32N2O2Si3/c1-21(2,3)19-23(7,20-22(4,5)6)13-12-16-17-14-10-8-9-11-15(14)18-16/h8-11,16-18H,12-13H2,1-7H3. The second kappa shape index (κ2) is 6.72. The maximum absolute atomic E-state index is 6.57. The zero-order valence-corrected chi connectivity index (χ0v) is 18.6. The smallest absolute Gasteiger partial charge is 0.314 e. The van der Waals surface area contributed by atoms with E-state index in [2.05, 4.69) is 80.7 Å². The minimum atomic E-state index is -2.15. The third-order valence-electron chi connectivity index (χ3n) is 3.52. The normalized spacial score (nSPS) is 16.0. The Labute approximate surface area is 144 Å². The van der Waals surface area contributed by atoms with Crippen LogP contribution in [0, 0.1) is 0 Å². The van der Waals surface area contributed by atoms with Crippen molar-refractivity contribution in [2.24, 2.45) is 0 Å². The molecular formula is C16H32N2O2Si3. The fourth-order valence-electron chi connectivity index (χ4n) is 3.12. The number of hydrogen-bond acceptors (Lipinski definition) is 4. The van der Waals surface area contributed by atoms with Crippen LogP contribution in [0.3, 0.4) is 0 Å². The molecule has 1 heterocycles. The van der Waals surface area contributed by atoms with Crippen LogP contribution in [0.25, 0.3) is 0 Å². The predicted octanol–water partition coefficient (Wildman–Crippen LogP) is 5.02. The molecule has 0 atom stereocenters. The zero-order chi connectivity index (χ0) is 17.3. The molecule has 7 heteroatoms. The lowest BCUT2D eigenvalue weighted by molar-refractivity contribution is 0.380. The van der Waals surface area contributed by atoms with Crippen LogP contribution < -0.4 is 10.6 Å². The maximum Gasteiger partial charge on any atom is 0.314 e. The number of para-hydroxylation sites is 2. The summed E-state index contributed by atoms with van der Waals surface area (Å²) in [5, 5.41) is 7.11. The van der Waals surface area contributed by atoms with Crippen LogP contribution in [0.15, 0.2) is 24.3 Å².